The Balaban J connectivity index is 1.93. The molecule has 0 radical (unpaired) electrons. The lowest BCUT2D eigenvalue weighted by molar-refractivity contribution is -0.120. The van der Waals surface area contributed by atoms with E-state index in [9.17, 15) is 4.79 Å². The predicted octanol–water partition coefficient (Wildman–Crippen LogP) is 4.71. The van der Waals surface area contributed by atoms with Gasteiger partial charge in [-0.25, -0.2) is 0 Å². The van der Waals surface area contributed by atoms with Gasteiger partial charge >= 0.3 is 0 Å². The first kappa shape index (κ1) is 16.5. The first-order valence-corrected chi connectivity index (χ1v) is 8.48. The molecular weight excluding hydrogens is 270 g/mol. The van der Waals surface area contributed by atoms with Crippen LogP contribution in [0.2, 0.25) is 0 Å². The second-order valence-corrected chi connectivity index (χ2v) is 6.04. The molecule has 0 saturated heterocycles. The highest BCUT2D eigenvalue weighted by Crippen LogP contribution is 2.19. The predicted molar refractivity (Wildman–Crippen MR) is 94.0 cm³/mol. The van der Waals surface area contributed by atoms with Crippen LogP contribution in [-0.4, -0.2) is 12.5 Å². The van der Waals surface area contributed by atoms with Crippen LogP contribution in [0.5, 0.6) is 0 Å². The number of hydrogen-bond acceptors (Lipinski definition) is 1. The van der Waals surface area contributed by atoms with Crippen molar-refractivity contribution in [2.45, 2.75) is 46.0 Å². The summed E-state index contributed by atoms with van der Waals surface area (Å²) in [6.45, 7) is 5.23. The topological polar surface area (TPSA) is 29.1 Å². The normalized spacial score (nSPS) is 12.3. The van der Waals surface area contributed by atoms with Gasteiger partial charge in [-0.05, 0) is 28.7 Å². The Morgan fingerprint density at radius 2 is 1.86 bits per heavy atom. The molecule has 2 aromatic rings. The highest BCUT2D eigenvalue weighted by atomic mass is 16.1. The first-order chi connectivity index (χ1) is 10.7. The number of unbranched alkanes of at least 4 members (excludes halogenated alkanes) is 1. The van der Waals surface area contributed by atoms with Crippen molar-refractivity contribution in [3.63, 3.8) is 0 Å². The fraction of sp³-hybridized carbons (Fsp3) is 0.450. The molecule has 1 atom stereocenters. The molecule has 0 aliphatic heterocycles. The number of hydrogen-bond donors (Lipinski definition) is 1. The third kappa shape index (κ3) is 4.59. The molecule has 0 fully saturated rings. The minimum absolute atomic E-state index is 0.131. The molecule has 0 heterocycles. The standard InChI is InChI=1S/C20H27NO/c1-3-5-9-16(4-2)15-21-20(22)14-18-12-8-11-17-10-6-7-13-19(17)18/h6-8,10-13,16H,3-5,9,14-15H2,1-2H3,(H,21,22)/t16-/m1/s1. The van der Waals surface area contributed by atoms with E-state index in [1.54, 1.807) is 0 Å². The minimum Gasteiger partial charge on any atom is -0.356 e. The maximum absolute atomic E-state index is 12.2. The zero-order chi connectivity index (χ0) is 15.8. The number of rotatable bonds is 8. The SMILES string of the molecule is CCCC[C@@H](CC)CNC(=O)Cc1cccc2ccccc12. The molecule has 0 aromatic heterocycles. The lowest BCUT2D eigenvalue weighted by atomic mass is 9.99. The van der Waals surface area contributed by atoms with Crippen molar-refractivity contribution in [2.75, 3.05) is 6.54 Å². The molecule has 0 aliphatic carbocycles. The largest absolute Gasteiger partial charge is 0.356 e. The van der Waals surface area contributed by atoms with Gasteiger partial charge in [0, 0.05) is 6.54 Å². The van der Waals surface area contributed by atoms with E-state index in [-0.39, 0.29) is 5.91 Å². The fourth-order valence-electron chi connectivity index (χ4n) is 2.88. The van der Waals surface area contributed by atoms with Crippen LogP contribution in [0.25, 0.3) is 10.8 Å². The zero-order valence-electron chi connectivity index (χ0n) is 13.8. The molecule has 0 bridgehead atoms. The molecule has 1 N–H and O–H groups in total. The Bertz CT molecular complexity index is 600. The minimum atomic E-state index is 0.131. The van der Waals surface area contributed by atoms with Crippen molar-refractivity contribution in [2.24, 2.45) is 5.92 Å². The number of amides is 1. The van der Waals surface area contributed by atoms with Gasteiger partial charge in [-0.3, -0.25) is 4.79 Å². The third-order valence-electron chi connectivity index (χ3n) is 4.36. The highest BCUT2D eigenvalue weighted by Gasteiger charge is 2.10. The van der Waals surface area contributed by atoms with Crippen LogP contribution < -0.4 is 5.32 Å². The summed E-state index contributed by atoms with van der Waals surface area (Å²) in [5.74, 6) is 0.739. The van der Waals surface area contributed by atoms with E-state index >= 15 is 0 Å². The van der Waals surface area contributed by atoms with Gasteiger partial charge in [0.15, 0.2) is 0 Å². The Morgan fingerprint density at radius 3 is 2.64 bits per heavy atom. The fourth-order valence-corrected chi connectivity index (χ4v) is 2.88. The van der Waals surface area contributed by atoms with Crippen molar-refractivity contribution >= 4 is 16.7 Å². The van der Waals surface area contributed by atoms with Crippen molar-refractivity contribution in [1.82, 2.24) is 5.32 Å². The van der Waals surface area contributed by atoms with Crippen molar-refractivity contribution in [3.8, 4) is 0 Å². The summed E-state index contributed by atoms with van der Waals surface area (Å²) in [5.41, 5.74) is 1.11. The molecule has 0 saturated carbocycles. The monoisotopic (exact) mass is 297 g/mol. The molecule has 118 valence electrons. The summed E-state index contributed by atoms with van der Waals surface area (Å²) in [5, 5.41) is 5.49. The number of carbonyl (C=O) groups is 1. The van der Waals surface area contributed by atoms with Crippen LogP contribution >= 0.6 is 0 Å². The summed E-state index contributed by atoms with van der Waals surface area (Å²) in [6.07, 6.45) is 5.28. The lowest BCUT2D eigenvalue weighted by Crippen LogP contribution is -2.30. The van der Waals surface area contributed by atoms with Gasteiger partial charge in [0.25, 0.3) is 0 Å². The van der Waals surface area contributed by atoms with E-state index in [0.29, 0.717) is 12.3 Å². The average Bonchev–Trinajstić information content (AvgIpc) is 2.55. The maximum Gasteiger partial charge on any atom is 0.224 e. The Kier molecular flexibility index (Phi) is 6.45. The second-order valence-electron chi connectivity index (χ2n) is 6.04. The van der Waals surface area contributed by atoms with Gasteiger partial charge in [-0.15, -0.1) is 0 Å². The number of fused-ring (bicyclic) bond motifs is 1. The van der Waals surface area contributed by atoms with E-state index in [0.717, 1.165) is 18.5 Å². The van der Waals surface area contributed by atoms with Crippen LogP contribution in [-0.2, 0) is 11.2 Å². The molecule has 0 aliphatic rings. The summed E-state index contributed by atoms with van der Waals surface area (Å²) < 4.78 is 0. The molecule has 22 heavy (non-hydrogen) atoms. The zero-order valence-corrected chi connectivity index (χ0v) is 13.8. The van der Waals surface area contributed by atoms with E-state index in [1.165, 1.54) is 30.0 Å². The molecular formula is C20H27NO. The van der Waals surface area contributed by atoms with Gasteiger partial charge < -0.3 is 5.32 Å². The Morgan fingerprint density at radius 1 is 1.09 bits per heavy atom. The van der Waals surface area contributed by atoms with Crippen LogP contribution in [0.15, 0.2) is 42.5 Å². The Labute approximate surface area is 133 Å². The van der Waals surface area contributed by atoms with Gasteiger partial charge in [0.1, 0.15) is 0 Å². The quantitative estimate of drug-likeness (QED) is 0.751. The number of benzene rings is 2. The molecule has 0 unspecified atom stereocenters. The van der Waals surface area contributed by atoms with Gasteiger partial charge in [0.2, 0.25) is 5.91 Å². The third-order valence-corrected chi connectivity index (χ3v) is 4.36. The number of nitrogens with one attached hydrogen (secondary N) is 1. The summed E-state index contributed by atoms with van der Waals surface area (Å²) in [6, 6.07) is 14.4. The molecule has 1 amide bonds. The van der Waals surface area contributed by atoms with Crippen molar-refractivity contribution in [3.05, 3.63) is 48.0 Å². The van der Waals surface area contributed by atoms with Crippen molar-refractivity contribution in [1.29, 1.82) is 0 Å². The highest BCUT2D eigenvalue weighted by molar-refractivity contribution is 5.90. The molecule has 2 heteroatoms. The van der Waals surface area contributed by atoms with Crippen LogP contribution in [0, 0.1) is 5.92 Å². The van der Waals surface area contributed by atoms with Crippen LogP contribution in [0.1, 0.15) is 45.1 Å². The molecule has 2 nitrogen and oxygen atoms in total. The smallest absolute Gasteiger partial charge is 0.224 e. The average molecular weight is 297 g/mol. The summed E-state index contributed by atoms with van der Waals surface area (Å²) in [7, 11) is 0. The van der Waals surface area contributed by atoms with Gasteiger partial charge in [-0.1, -0.05) is 75.6 Å². The first-order valence-electron chi connectivity index (χ1n) is 8.48. The molecule has 2 rings (SSSR count). The Hall–Kier alpha value is -1.83. The van der Waals surface area contributed by atoms with E-state index in [2.05, 4.69) is 43.4 Å². The van der Waals surface area contributed by atoms with Crippen LogP contribution in [0.3, 0.4) is 0 Å². The van der Waals surface area contributed by atoms with Crippen LogP contribution in [0.4, 0.5) is 0 Å². The number of carbonyl (C=O) groups excluding carboxylic acids is 1. The van der Waals surface area contributed by atoms with Gasteiger partial charge in [-0.2, -0.15) is 0 Å². The van der Waals surface area contributed by atoms with E-state index in [1.807, 2.05) is 18.2 Å². The molecule has 0 spiro atoms. The lowest BCUT2D eigenvalue weighted by Gasteiger charge is -2.15. The summed E-state index contributed by atoms with van der Waals surface area (Å²) in [4.78, 5) is 12.2. The second kappa shape index (κ2) is 8.57. The van der Waals surface area contributed by atoms with Gasteiger partial charge in [0.05, 0.1) is 6.42 Å². The van der Waals surface area contributed by atoms with E-state index < -0.39 is 0 Å². The van der Waals surface area contributed by atoms with Crippen molar-refractivity contribution < 1.29 is 4.79 Å². The van der Waals surface area contributed by atoms with E-state index in [4.69, 9.17) is 0 Å². The molecule has 2 aromatic carbocycles. The summed E-state index contributed by atoms with van der Waals surface area (Å²) >= 11 is 0. The maximum atomic E-state index is 12.2.